The highest BCUT2D eigenvalue weighted by molar-refractivity contribution is 6.35. The number of anilines is 2. The quantitative estimate of drug-likeness (QED) is 0.0788. The zero-order valence-corrected chi connectivity index (χ0v) is 28.9. The smallest absolute Gasteiger partial charge is 0.266 e. The third kappa shape index (κ3) is 6.69. The summed E-state index contributed by atoms with van der Waals surface area (Å²) in [7, 11) is 0. The van der Waals surface area contributed by atoms with Crippen molar-refractivity contribution in [3.8, 4) is 11.5 Å². The molecule has 0 saturated heterocycles. The summed E-state index contributed by atoms with van der Waals surface area (Å²) in [6.45, 7) is 0. The minimum atomic E-state index is -0.525. The van der Waals surface area contributed by atoms with E-state index in [0.29, 0.717) is 22.5 Å². The third-order valence-corrected chi connectivity index (χ3v) is 9.23. The summed E-state index contributed by atoms with van der Waals surface area (Å²) in [5.74, 6) is -1.79. The number of hydrogen-bond acceptors (Lipinski definition) is 7. The van der Waals surface area contributed by atoms with E-state index < -0.39 is 23.6 Å². The maximum atomic E-state index is 13.5. The Morgan fingerprint density at radius 1 is 0.418 bits per heavy atom. The molecule has 9 nitrogen and oxygen atoms in total. The second kappa shape index (κ2) is 14.3. The molecule has 0 aromatic heterocycles. The summed E-state index contributed by atoms with van der Waals surface area (Å²) >= 11 is 0. The number of ether oxygens (including phenoxy) is 1. The van der Waals surface area contributed by atoms with Crippen LogP contribution in [-0.2, 0) is 0 Å². The van der Waals surface area contributed by atoms with Crippen molar-refractivity contribution < 1.29 is 33.5 Å². The number of allylic oxidation sites excluding steroid dienone is 2. The minimum Gasteiger partial charge on any atom is -0.457 e. The molecule has 6 aromatic rings. The van der Waals surface area contributed by atoms with E-state index in [2.05, 4.69) is 0 Å². The number of ketones is 2. The molecule has 0 aliphatic carbocycles. The van der Waals surface area contributed by atoms with Crippen molar-refractivity contribution in [3.63, 3.8) is 0 Å². The van der Waals surface area contributed by atoms with E-state index in [9.17, 15) is 28.8 Å². The van der Waals surface area contributed by atoms with Crippen molar-refractivity contribution in [3.05, 3.63) is 202 Å². The van der Waals surface area contributed by atoms with Gasteiger partial charge < -0.3 is 4.74 Å². The highest BCUT2D eigenvalue weighted by Crippen LogP contribution is 2.35. The molecule has 0 bridgehead atoms. The van der Waals surface area contributed by atoms with E-state index in [1.54, 1.807) is 121 Å². The van der Waals surface area contributed by atoms with E-state index >= 15 is 0 Å². The van der Waals surface area contributed by atoms with Crippen molar-refractivity contribution in [2.24, 2.45) is 0 Å². The molecule has 6 aromatic carbocycles. The zero-order valence-electron chi connectivity index (χ0n) is 28.9. The van der Waals surface area contributed by atoms with Crippen LogP contribution in [0.5, 0.6) is 11.5 Å². The minimum absolute atomic E-state index is 0.143. The fourth-order valence-corrected chi connectivity index (χ4v) is 6.38. The molecule has 0 saturated carbocycles. The third-order valence-electron chi connectivity index (χ3n) is 9.23. The van der Waals surface area contributed by atoms with Crippen LogP contribution < -0.4 is 14.5 Å². The molecule has 264 valence electrons. The van der Waals surface area contributed by atoms with Gasteiger partial charge >= 0.3 is 0 Å². The first-order valence-electron chi connectivity index (χ1n) is 17.2. The fourth-order valence-electron chi connectivity index (χ4n) is 6.38. The Morgan fingerprint density at radius 3 is 1.16 bits per heavy atom. The maximum absolute atomic E-state index is 13.5. The predicted molar refractivity (Wildman–Crippen MR) is 208 cm³/mol. The Hall–Kier alpha value is -7.78. The number of nitrogens with zero attached hydrogens (tertiary/aromatic N) is 2. The molecule has 8 rings (SSSR count). The molecule has 2 heterocycles. The number of benzene rings is 6. The van der Waals surface area contributed by atoms with Crippen LogP contribution in [0.3, 0.4) is 0 Å². The van der Waals surface area contributed by atoms with Crippen molar-refractivity contribution in [2.75, 3.05) is 9.80 Å². The van der Waals surface area contributed by atoms with E-state index in [1.165, 1.54) is 36.4 Å². The lowest BCUT2D eigenvalue weighted by Crippen LogP contribution is -2.29. The molecule has 55 heavy (non-hydrogen) atoms. The second-order valence-corrected chi connectivity index (χ2v) is 12.7. The zero-order chi connectivity index (χ0) is 38.1. The van der Waals surface area contributed by atoms with Crippen LogP contribution in [-0.4, -0.2) is 35.2 Å². The molecular weight excluding hydrogens is 693 g/mol. The average Bonchev–Trinajstić information content (AvgIpc) is 3.62. The van der Waals surface area contributed by atoms with Gasteiger partial charge in [0, 0.05) is 11.1 Å². The lowest BCUT2D eigenvalue weighted by molar-refractivity contribution is 0.0910. The average molecular weight is 721 g/mol. The number of rotatable bonds is 10. The van der Waals surface area contributed by atoms with Gasteiger partial charge in [0.1, 0.15) is 11.5 Å². The molecule has 2 aliphatic rings. The summed E-state index contributed by atoms with van der Waals surface area (Å²) < 4.78 is 6.03. The van der Waals surface area contributed by atoms with Crippen LogP contribution in [0.25, 0.3) is 12.2 Å². The first kappa shape index (κ1) is 34.3. The summed E-state index contributed by atoms with van der Waals surface area (Å²) in [5.41, 5.74) is 4.05. The van der Waals surface area contributed by atoms with Crippen LogP contribution in [0, 0.1) is 0 Å². The van der Waals surface area contributed by atoms with Gasteiger partial charge in [0.15, 0.2) is 11.6 Å². The molecule has 0 atom stereocenters. The van der Waals surface area contributed by atoms with Crippen LogP contribution in [0.4, 0.5) is 11.4 Å². The van der Waals surface area contributed by atoms with E-state index in [0.717, 1.165) is 20.9 Å². The molecule has 2 aliphatic heterocycles. The van der Waals surface area contributed by atoms with Crippen molar-refractivity contribution >= 4 is 58.7 Å². The number of hydrogen-bond donors (Lipinski definition) is 0. The van der Waals surface area contributed by atoms with E-state index in [1.807, 2.05) is 12.1 Å². The summed E-state index contributed by atoms with van der Waals surface area (Å²) in [5, 5.41) is 0. The molecule has 0 N–H and O–H groups in total. The standard InChI is InChI=1S/C46H28N2O7/c49-41(31-7-3-1-4-8-31)25-15-29-11-17-33(18-12-29)47-43(51)37-23-21-35(27-39(37)45(47)53)55-36-22-24-38-40(28-36)46(54)48(44(38)52)34-19-13-30(14-20-34)16-26-42(50)32-9-5-2-6-10-32/h1-28H. The lowest BCUT2D eigenvalue weighted by atomic mass is 10.1. The van der Waals surface area contributed by atoms with E-state index in [4.69, 9.17) is 4.74 Å². The van der Waals surface area contributed by atoms with Crippen LogP contribution in [0.1, 0.15) is 73.3 Å². The van der Waals surface area contributed by atoms with Gasteiger partial charge in [-0.25, -0.2) is 9.80 Å². The highest BCUT2D eigenvalue weighted by atomic mass is 16.5. The highest BCUT2D eigenvalue weighted by Gasteiger charge is 2.38. The number of imide groups is 2. The second-order valence-electron chi connectivity index (χ2n) is 12.7. The molecule has 4 amide bonds. The number of amides is 4. The fraction of sp³-hybridized carbons (Fsp3) is 0. The van der Waals surface area contributed by atoms with Gasteiger partial charge in [0.2, 0.25) is 0 Å². The van der Waals surface area contributed by atoms with Gasteiger partial charge in [0.25, 0.3) is 23.6 Å². The van der Waals surface area contributed by atoms with E-state index in [-0.39, 0.29) is 45.3 Å². The van der Waals surface area contributed by atoms with Crippen LogP contribution in [0.2, 0.25) is 0 Å². The molecule has 0 unspecified atom stereocenters. The first-order valence-corrected chi connectivity index (χ1v) is 17.2. The SMILES string of the molecule is O=C(C=Cc1ccc(N2C(=O)c3ccc(Oc4ccc5c(c4)C(=O)N(c4ccc(C=CC(=O)c6ccccc6)cc4)C5=O)cc3C2=O)cc1)c1ccccc1. The summed E-state index contributed by atoms with van der Waals surface area (Å²) in [6.07, 6.45) is 6.27. The van der Waals surface area contributed by atoms with Crippen molar-refractivity contribution in [1.82, 2.24) is 0 Å². The number of carbonyl (C=O) groups excluding carboxylic acids is 6. The van der Waals surface area contributed by atoms with Crippen LogP contribution in [0.15, 0.2) is 158 Å². The Morgan fingerprint density at radius 2 is 0.782 bits per heavy atom. The van der Waals surface area contributed by atoms with Crippen molar-refractivity contribution in [2.45, 2.75) is 0 Å². The Balaban J connectivity index is 0.939. The van der Waals surface area contributed by atoms with Crippen LogP contribution >= 0.6 is 0 Å². The van der Waals surface area contributed by atoms with Gasteiger partial charge in [-0.1, -0.05) is 97.1 Å². The Kier molecular flexibility index (Phi) is 8.94. The van der Waals surface area contributed by atoms with Gasteiger partial charge in [0.05, 0.1) is 33.6 Å². The van der Waals surface area contributed by atoms with Gasteiger partial charge in [-0.2, -0.15) is 0 Å². The predicted octanol–water partition coefficient (Wildman–Crippen LogP) is 8.87. The number of carbonyl (C=O) groups is 6. The van der Waals surface area contributed by atoms with Crippen molar-refractivity contribution in [1.29, 1.82) is 0 Å². The first-order chi connectivity index (χ1) is 26.7. The lowest BCUT2D eigenvalue weighted by Gasteiger charge is -2.14. The van der Waals surface area contributed by atoms with Gasteiger partial charge in [-0.3, -0.25) is 28.8 Å². The molecule has 0 radical (unpaired) electrons. The monoisotopic (exact) mass is 720 g/mol. The summed E-state index contributed by atoms with van der Waals surface area (Å²) in [6, 6.07) is 40.3. The number of fused-ring (bicyclic) bond motifs is 2. The molecule has 0 spiro atoms. The summed E-state index contributed by atoms with van der Waals surface area (Å²) in [4.78, 5) is 80.7. The molecule has 0 fully saturated rings. The Labute approximate surface area is 315 Å². The molecule has 9 heteroatoms. The Bertz CT molecular complexity index is 2430. The largest absolute Gasteiger partial charge is 0.457 e. The topological polar surface area (TPSA) is 118 Å². The molecular formula is C46H28N2O7. The normalized spacial score (nSPS) is 13.5. The van der Waals surface area contributed by atoms with Gasteiger partial charge in [-0.05, 0) is 83.9 Å². The van der Waals surface area contributed by atoms with Gasteiger partial charge in [-0.15, -0.1) is 0 Å². The maximum Gasteiger partial charge on any atom is 0.266 e.